The largest absolute Gasteiger partial charge is 0.274 e. The van der Waals surface area contributed by atoms with Gasteiger partial charge in [-0.2, -0.15) is 0 Å². The van der Waals surface area contributed by atoms with E-state index >= 15 is 0 Å². The first-order valence-electron chi connectivity index (χ1n) is 2.86. The molecule has 2 N–H and O–H groups in total. The number of allylic oxidation sites excluding steroid dienone is 1. The van der Waals surface area contributed by atoms with Gasteiger partial charge >= 0.3 is 0 Å². The number of hydrogen-bond donors (Lipinski definition) is 2. The minimum absolute atomic E-state index is 0.294. The molecule has 0 unspecified atom stereocenters. The predicted molar refractivity (Wildman–Crippen MR) is 36.8 cm³/mol. The highest BCUT2D eigenvalue weighted by atomic mass is 16.2. The first kappa shape index (κ1) is 8.68. The predicted octanol–water partition coefficient (Wildman–Crippen LogP) is -0.270. The van der Waals surface area contributed by atoms with Gasteiger partial charge in [0, 0.05) is 13.0 Å². The lowest BCUT2D eigenvalue weighted by Gasteiger charge is -1.99. The zero-order valence-electron chi connectivity index (χ0n) is 5.97. The maximum absolute atomic E-state index is 10.5. The van der Waals surface area contributed by atoms with Crippen LogP contribution in [0.3, 0.4) is 0 Å². The second-order valence-corrected chi connectivity index (χ2v) is 1.67. The highest BCUT2D eigenvalue weighted by Crippen LogP contribution is 1.67. The van der Waals surface area contributed by atoms with Crippen molar-refractivity contribution in [3.05, 3.63) is 12.2 Å². The molecule has 4 nitrogen and oxygen atoms in total. The smallest absolute Gasteiger partial charge is 0.262 e. The number of amides is 2. The van der Waals surface area contributed by atoms with Gasteiger partial charge in [-0.05, 0) is 6.92 Å². The molecule has 0 radical (unpaired) electrons. The summed E-state index contributed by atoms with van der Waals surface area (Å²) in [6.45, 7) is 3.03. The number of hydrogen-bond acceptors (Lipinski definition) is 2. The molecule has 0 aliphatic carbocycles. The van der Waals surface area contributed by atoms with Crippen molar-refractivity contribution in [3.8, 4) is 0 Å². The average molecular weight is 142 g/mol. The Morgan fingerprint density at radius 3 is 2.30 bits per heavy atom. The molecule has 0 bridgehead atoms. The Morgan fingerprint density at radius 2 is 1.90 bits per heavy atom. The number of hydrazine groups is 1. The highest BCUT2D eigenvalue weighted by molar-refractivity contribution is 5.89. The number of carbonyl (C=O) groups is 2. The number of nitrogens with one attached hydrogen (secondary N) is 2. The standard InChI is InChI=1S/C6H10N2O2/c1-3-4-6(10)8-7-5(2)9/h3-4H,1-2H3,(H,7,9)(H,8,10). The molecule has 56 valence electrons. The van der Waals surface area contributed by atoms with E-state index in [1.165, 1.54) is 13.0 Å². The molecular weight excluding hydrogens is 132 g/mol. The number of carbonyl (C=O) groups excluding carboxylic acids is 2. The zero-order valence-corrected chi connectivity index (χ0v) is 5.97. The Morgan fingerprint density at radius 1 is 1.30 bits per heavy atom. The molecule has 0 aromatic heterocycles. The SMILES string of the molecule is CC=CC(=O)NNC(C)=O. The minimum atomic E-state index is -0.335. The van der Waals surface area contributed by atoms with Gasteiger partial charge in [0.05, 0.1) is 0 Å². The van der Waals surface area contributed by atoms with E-state index in [9.17, 15) is 9.59 Å². The van der Waals surface area contributed by atoms with E-state index in [-0.39, 0.29) is 11.8 Å². The van der Waals surface area contributed by atoms with Crippen LogP contribution < -0.4 is 10.9 Å². The van der Waals surface area contributed by atoms with Gasteiger partial charge in [-0.25, -0.2) is 0 Å². The van der Waals surface area contributed by atoms with Gasteiger partial charge in [0.1, 0.15) is 0 Å². The van der Waals surface area contributed by atoms with Crippen LogP contribution >= 0.6 is 0 Å². The van der Waals surface area contributed by atoms with Crippen LogP contribution in [0.25, 0.3) is 0 Å². The Balaban J connectivity index is 3.50. The normalized spacial score (nSPS) is 9.40. The molecule has 2 amide bonds. The first-order chi connectivity index (χ1) is 4.66. The fourth-order valence-corrected chi connectivity index (χ4v) is 0.343. The monoisotopic (exact) mass is 142 g/mol. The van der Waals surface area contributed by atoms with Crippen LogP contribution in [-0.2, 0) is 9.59 Å². The lowest BCUT2D eigenvalue weighted by molar-refractivity contribution is -0.125. The molecule has 0 saturated heterocycles. The summed E-state index contributed by atoms with van der Waals surface area (Å²) in [4.78, 5) is 20.7. The molecule has 0 heterocycles. The third-order valence-electron chi connectivity index (χ3n) is 0.680. The van der Waals surface area contributed by atoms with Crippen molar-refractivity contribution in [3.63, 3.8) is 0 Å². The summed E-state index contributed by atoms with van der Waals surface area (Å²) in [6.07, 6.45) is 2.90. The third kappa shape index (κ3) is 4.83. The van der Waals surface area contributed by atoms with E-state index in [0.717, 1.165) is 0 Å². The van der Waals surface area contributed by atoms with Gasteiger partial charge in [-0.1, -0.05) is 6.08 Å². The van der Waals surface area contributed by atoms with Crippen LogP contribution in [0.2, 0.25) is 0 Å². The van der Waals surface area contributed by atoms with Gasteiger partial charge in [0.25, 0.3) is 5.91 Å². The topological polar surface area (TPSA) is 58.2 Å². The van der Waals surface area contributed by atoms with Gasteiger partial charge in [0.15, 0.2) is 0 Å². The van der Waals surface area contributed by atoms with Crippen LogP contribution in [-0.4, -0.2) is 11.8 Å². The molecule has 10 heavy (non-hydrogen) atoms. The van der Waals surface area contributed by atoms with Crippen LogP contribution in [0.15, 0.2) is 12.2 Å². The summed E-state index contributed by atoms with van der Waals surface area (Å²) in [5, 5.41) is 0. The molecular formula is C6H10N2O2. The molecule has 0 aromatic carbocycles. The van der Waals surface area contributed by atoms with E-state index in [0.29, 0.717) is 0 Å². The van der Waals surface area contributed by atoms with Crippen LogP contribution in [0.4, 0.5) is 0 Å². The Bertz CT molecular complexity index is 163. The average Bonchev–Trinajstić information content (AvgIpc) is 1.85. The van der Waals surface area contributed by atoms with Crippen molar-refractivity contribution >= 4 is 11.8 Å². The van der Waals surface area contributed by atoms with Crippen molar-refractivity contribution in [1.82, 2.24) is 10.9 Å². The maximum atomic E-state index is 10.5. The van der Waals surface area contributed by atoms with Crippen molar-refractivity contribution < 1.29 is 9.59 Å². The minimum Gasteiger partial charge on any atom is -0.274 e. The molecule has 0 aromatic rings. The van der Waals surface area contributed by atoms with Gasteiger partial charge in [0.2, 0.25) is 5.91 Å². The second-order valence-electron chi connectivity index (χ2n) is 1.67. The quantitative estimate of drug-likeness (QED) is 0.391. The molecule has 0 spiro atoms. The van der Waals surface area contributed by atoms with Crippen molar-refractivity contribution in [2.75, 3.05) is 0 Å². The Hall–Kier alpha value is -1.32. The third-order valence-corrected chi connectivity index (χ3v) is 0.680. The van der Waals surface area contributed by atoms with Crippen molar-refractivity contribution in [1.29, 1.82) is 0 Å². The molecule has 0 aliphatic rings. The highest BCUT2D eigenvalue weighted by Gasteiger charge is 1.92. The molecule has 0 rings (SSSR count). The van der Waals surface area contributed by atoms with Gasteiger partial charge < -0.3 is 0 Å². The summed E-state index contributed by atoms with van der Waals surface area (Å²) < 4.78 is 0. The van der Waals surface area contributed by atoms with Crippen LogP contribution in [0.1, 0.15) is 13.8 Å². The molecule has 0 saturated carbocycles. The van der Waals surface area contributed by atoms with E-state index < -0.39 is 0 Å². The van der Waals surface area contributed by atoms with Gasteiger partial charge in [-0.15, -0.1) is 0 Å². The first-order valence-corrected chi connectivity index (χ1v) is 2.86. The summed E-state index contributed by atoms with van der Waals surface area (Å²) in [7, 11) is 0. The van der Waals surface area contributed by atoms with Crippen molar-refractivity contribution in [2.24, 2.45) is 0 Å². The summed E-state index contributed by atoms with van der Waals surface area (Å²) >= 11 is 0. The maximum Gasteiger partial charge on any atom is 0.262 e. The molecule has 0 atom stereocenters. The Kier molecular flexibility index (Phi) is 3.95. The molecule has 0 fully saturated rings. The molecule has 0 aliphatic heterocycles. The van der Waals surface area contributed by atoms with Gasteiger partial charge in [-0.3, -0.25) is 20.4 Å². The van der Waals surface area contributed by atoms with E-state index in [1.807, 2.05) is 0 Å². The van der Waals surface area contributed by atoms with E-state index in [1.54, 1.807) is 13.0 Å². The van der Waals surface area contributed by atoms with Crippen LogP contribution in [0.5, 0.6) is 0 Å². The van der Waals surface area contributed by atoms with Crippen molar-refractivity contribution in [2.45, 2.75) is 13.8 Å². The summed E-state index contributed by atoms with van der Waals surface area (Å²) in [5.41, 5.74) is 4.30. The lowest BCUT2D eigenvalue weighted by Crippen LogP contribution is -2.39. The zero-order chi connectivity index (χ0) is 7.98. The fraction of sp³-hybridized carbons (Fsp3) is 0.333. The Labute approximate surface area is 59.3 Å². The summed E-state index contributed by atoms with van der Waals surface area (Å²) in [5.74, 6) is -0.629. The van der Waals surface area contributed by atoms with Crippen LogP contribution in [0, 0.1) is 0 Å². The molecule has 4 heteroatoms. The number of rotatable bonds is 1. The summed E-state index contributed by atoms with van der Waals surface area (Å²) in [6, 6.07) is 0. The van der Waals surface area contributed by atoms with E-state index in [4.69, 9.17) is 0 Å². The lowest BCUT2D eigenvalue weighted by atomic mass is 10.5. The van der Waals surface area contributed by atoms with E-state index in [2.05, 4.69) is 10.9 Å². The second kappa shape index (κ2) is 4.55. The fourth-order valence-electron chi connectivity index (χ4n) is 0.343.